The van der Waals surface area contributed by atoms with Crippen LogP contribution in [0.1, 0.15) is 26.2 Å². The molecule has 0 unspecified atom stereocenters. The summed E-state index contributed by atoms with van der Waals surface area (Å²) in [4.78, 5) is 14.8. The van der Waals surface area contributed by atoms with Crippen LogP contribution in [0.5, 0.6) is 0 Å². The predicted octanol–water partition coefficient (Wildman–Crippen LogP) is 1.44. The van der Waals surface area contributed by atoms with Crippen molar-refractivity contribution in [1.29, 1.82) is 0 Å². The minimum atomic E-state index is -3.54. The number of sulfonamides is 1. The molecule has 7 heteroatoms. The zero-order valence-corrected chi connectivity index (χ0v) is 15.3. The molecule has 0 bridgehead atoms. The second-order valence-corrected chi connectivity index (χ2v) is 8.12. The zero-order chi connectivity index (χ0) is 17.6. The number of anilines is 1. The summed E-state index contributed by atoms with van der Waals surface area (Å²) < 4.78 is 25.4. The lowest BCUT2D eigenvalue weighted by Crippen LogP contribution is -2.48. The van der Waals surface area contributed by atoms with Gasteiger partial charge in [-0.1, -0.05) is 18.2 Å². The van der Waals surface area contributed by atoms with Gasteiger partial charge in [0.25, 0.3) is 0 Å². The monoisotopic (exact) mass is 353 g/mol. The maximum atomic E-state index is 12.4. The number of nitrogens with one attached hydrogen (secondary N) is 1. The third-order valence-corrected chi connectivity index (χ3v) is 5.49. The van der Waals surface area contributed by atoms with E-state index in [1.165, 1.54) is 17.1 Å². The number of nitrogens with zero attached hydrogens (tertiary/aromatic N) is 2. The molecule has 0 spiro atoms. The van der Waals surface area contributed by atoms with E-state index in [0.717, 1.165) is 32.3 Å². The van der Waals surface area contributed by atoms with Gasteiger partial charge in [0.2, 0.25) is 15.9 Å². The van der Waals surface area contributed by atoms with E-state index in [1.54, 1.807) is 31.2 Å². The topological polar surface area (TPSA) is 69.7 Å². The summed E-state index contributed by atoms with van der Waals surface area (Å²) in [5, 5.41) is 2.86. The van der Waals surface area contributed by atoms with Crippen molar-refractivity contribution in [3.8, 4) is 0 Å². The summed E-state index contributed by atoms with van der Waals surface area (Å²) in [6, 6.07) is 7.93. The molecular weight excluding hydrogens is 326 g/mol. The van der Waals surface area contributed by atoms with Crippen molar-refractivity contribution in [3.05, 3.63) is 30.3 Å². The molecule has 134 valence electrons. The van der Waals surface area contributed by atoms with Crippen LogP contribution in [-0.2, 0) is 14.8 Å². The van der Waals surface area contributed by atoms with E-state index in [-0.39, 0.29) is 5.91 Å². The molecule has 1 fully saturated rings. The first-order chi connectivity index (χ1) is 11.4. The highest BCUT2D eigenvalue weighted by Gasteiger charge is 2.28. The highest BCUT2D eigenvalue weighted by Crippen LogP contribution is 2.20. The molecule has 1 heterocycles. The smallest absolute Gasteiger partial charge is 0.243 e. The van der Waals surface area contributed by atoms with Crippen LogP contribution in [-0.4, -0.2) is 57.7 Å². The fourth-order valence-corrected chi connectivity index (χ4v) is 4.23. The average Bonchev–Trinajstić information content (AvgIpc) is 3.04. The van der Waals surface area contributed by atoms with Crippen LogP contribution in [0.4, 0.5) is 5.69 Å². The van der Waals surface area contributed by atoms with Gasteiger partial charge in [0.1, 0.15) is 6.04 Å². The average molecular weight is 353 g/mol. The van der Waals surface area contributed by atoms with E-state index >= 15 is 0 Å². The molecule has 1 saturated heterocycles. The van der Waals surface area contributed by atoms with Crippen molar-refractivity contribution in [2.24, 2.45) is 0 Å². The summed E-state index contributed by atoms with van der Waals surface area (Å²) in [6.07, 6.45) is 4.51. The molecule has 1 N–H and O–H groups in total. The van der Waals surface area contributed by atoms with Crippen molar-refractivity contribution in [2.75, 3.05) is 36.7 Å². The largest absolute Gasteiger partial charge is 0.354 e. The second kappa shape index (κ2) is 8.48. The van der Waals surface area contributed by atoms with Gasteiger partial charge in [-0.2, -0.15) is 0 Å². The van der Waals surface area contributed by atoms with Crippen molar-refractivity contribution in [1.82, 2.24) is 10.2 Å². The molecule has 1 amide bonds. The summed E-state index contributed by atoms with van der Waals surface area (Å²) in [7, 11) is -3.54. The van der Waals surface area contributed by atoms with E-state index in [9.17, 15) is 13.2 Å². The first-order valence-corrected chi connectivity index (χ1v) is 10.3. The van der Waals surface area contributed by atoms with E-state index in [2.05, 4.69) is 10.2 Å². The van der Waals surface area contributed by atoms with Gasteiger partial charge in [-0.05, 0) is 58.0 Å². The molecule has 1 aromatic rings. The molecule has 0 radical (unpaired) electrons. The first-order valence-electron chi connectivity index (χ1n) is 8.44. The normalized spacial score (nSPS) is 16.8. The molecule has 1 atom stereocenters. The molecular formula is C17H27N3O3S. The minimum absolute atomic E-state index is 0.273. The molecule has 0 aliphatic carbocycles. The van der Waals surface area contributed by atoms with Gasteiger partial charge in [0.05, 0.1) is 11.9 Å². The van der Waals surface area contributed by atoms with Crippen LogP contribution in [0, 0.1) is 0 Å². The van der Waals surface area contributed by atoms with Gasteiger partial charge in [-0.3, -0.25) is 9.10 Å². The van der Waals surface area contributed by atoms with Crippen LogP contribution in [0.25, 0.3) is 0 Å². The van der Waals surface area contributed by atoms with Crippen LogP contribution < -0.4 is 9.62 Å². The van der Waals surface area contributed by atoms with Gasteiger partial charge in [-0.15, -0.1) is 0 Å². The lowest BCUT2D eigenvalue weighted by Gasteiger charge is -2.28. The Balaban J connectivity index is 1.91. The fourth-order valence-electron chi connectivity index (χ4n) is 3.05. The van der Waals surface area contributed by atoms with E-state index in [4.69, 9.17) is 0 Å². The number of para-hydroxylation sites is 1. The molecule has 2 rings (SSSR count). The summed E-state index contributed by atoms with van der Waals surface area (Å²) in [6.45, 7) is 5.43. The van der Waals surface area contributed by atoms with Gasteiger partial charge in [0, 0.05) is 6.54 Å². The van der Waals surface area contributed by atoms with E-state index < -0.39 is 16.1 Å². The SMILES string of the molecule is C[C@H](C(=O)NCCCN1CCCC1)N(c1ccccc1)S(C)(=O)=O. The van der Waals surface area contributed by atoms with Crippen LogP contribution in [0.15, 0.2) is 30.3 Å². The number of carbonyl (C=O) groups excluding carboxylic acids is 1. The highest BCUT2D eigenvalue weighted by molar-refractivity contribution is 7.92. The fraction of sp³-hybridized carbons (Fsp3) is 0.588. The zero-order valence-electron chi connectivity index (χ0n) is 14.4. The summed E-state index contributed by atoms with van der Waals surface area (Å²) >= 11 is 0. The quantitative estimate of drug-likeness (QED) is 0.718. The number of amides is 1. The Kier molecular flexibility index (Phi) is 6.62. The Morgan fingerprint density at radius 1 is 1.25 bits per heavy atom. The van der Waals surface area contributed by atoms with Gasteiger partial charge >= 0.3 is 0 Å². The highest BCUT2D eigenvalue weighted by atomic mass is 32.2. The Morgan fingerprint density at radius 2 is 1.88 bits per heavy atom. The standard InChI is InChI=1S/C17H27N3O3S/c1-15(17(21)18-11-8-14-19-12-6-7-13-19)20(24(2,22)23)16-9-4-3-5-10-16/h3-5,9-10,15H,6-8,11-14H2,1-2H3,(H,18,21)/t15-/m1/s1. The Morgan fingerprint density at radius 3 is 2.46 bits per heavy atom. The van der Waals surface area contributed by atoms with Crippen LogP contribution in [0.3, 0.4) is 0 Å². The van der Waals surface area contributed by atoms with Crippen LogP contribution in [0.2, 0.25) is 0 Å². The molecule has 0 saturated carbocycles. The van der Waals surface area contributed by atoms with Crippen molar-refractivity contribution < 1.29 is 13.2 Å². The molecule has 6 nitrogen and oxygen atoms in total. The molecule has 1 aliphatic heterocycles. The Bertz CT molecular complexity index is 628. The maximum absolute atomic E-state index is 12.4. The van der Waals surface area contributed by atoms with E-state index in [1.807, 2.05) is 6.07 Å². The van der Waals surface area contributed by atoms with Crippen molar-refractivity contribution in [3.63, 3.8) is 0 Å². The van der Waals surface area contributed by atoms with Crippen LogP contribution >= 0.6 is 0 Å². The molecule has 24 heavy (non-hydrogen) atoms. The molecule has 0 aromatic heterocycles. The number of likely N-dealkylation sites (tertiary alicyclic amines) is 1. The number of hydrogen-bond acceptors (Lipinski definition) is 4. The lowest BCUT2D eigenvalue weighted by molar-refractivity contribution is -0.121. The van der Waals surface area contributed by atoms with Gasteiger partial charge in [0.15, 0.2) is 0 Å². The molecule has 1 aliphatic rings. The Hall–Kier alpha value is -1.60. The van der Waals surface area contributed by atoms with Gasteiger partial charge < -0.3 is 10.2 Å². The number of benzene rings is 1. The third kappa shape index (κ3) is 5.21. The predicted molar refractivity (Wildman–Crippen MR) is 96.5 cm³/mol. The number of hydrogen-bond donors (Lipinski definition) is 1. The number of carbonyl (C=O) groups is 1. The minimum Gasteiger partial charge on any atom is -0.354 e. The van der Waals surface area contributed by atoms with E-state index in [0.29, 0.717) is 12.2 Å². The maximum Gasteiger partial charge on any atom is 0.243 e. The second-order valence-electron chi connectivity index (χ2n) is 6.26. The Labute approximate surface area is 144 Å². The summed E-state index contributed by atoms with van der Waals surface area (Å²) in [5.74, 6) is -0.273. The van der Waals surface area contributed by atoms with Gasteiger partial charge in [-0.25, -0.2) is 8.42 Å². The summed E-state index contributed by atoms with van der Waals surface area (Å²) in [5.41, 5.74) is 0.500. The van der Waals surface area contributed by atoms with Crippen molar-refractivity contribution in [2.45, 2.75) is 32.2 Å². The third-order valence-electron chi connectivity index (χ3n) is 4.25. The first kappa shape index (κ1) is 18.7. The molecule has 1 aromatic carbocycles. The van der Waals surface area contributed by atoms with Crippen molar-refractivity contribution >= 4 is 21.6 Å². The lowest BCUT2D eigenvalue weighted by atomic mass is 10.2. The number of rotatable bonds is 8.